The second kappa shape index (κ2) is 8.10. The van der Waals surface area contributed by atoms with Crippen LogP contribution in [0, 0.1) is 5.82 Å². The van der Waals surface area contributed by atoms with Crippen molar-refractivity contribution >= 4 is 46.6 Å². The number of nitrogens with zero attached hydrogens (tertiary/aromatic N) is 2. The van der Waals surface area contributed by atoms with Crippen LogP contribution in [0.15, 0.2) is 54.1 Å². The quantitative estimate of drug-likeness (QED) is 0.478. The second-order valence-corrected chi connectivity index (χ2v) is 6.98. The molecular formula is C21H18FN3O3S. The van der Waals surface area contributed by atoms with Gasteiger partial charge < -0.3 is 9.64 Å². The molecule has 0 unspecified atom stereocenters. The fourth-order valence-electron chi connectivity index (χ4n) is 3.34. The Morgan fingerprint density at radius 1 is 1.03 bits per heavy atom. The van der Waals surface area contributed by atoms with Crippen molar-refractivity contribution in [1.82, 2.24) is 5.32 Å². The average molecular weight is 411 g/mol. The van der Waals surface area contributed by atoms with Gasteiger partial charge in [-0.25, -0.2) is 4.39 Å². The maximum Gasteiger partial charge on any atom is 0.270 e. The van der Waals surface area contributed by atoms with E-state index >= 15 is 0 Å². The summed E-state index contributed by atoms with van der Waals surface area (Å²) >= 11 is 5.17. The molecule has 4 rings (SSSR count). The van der Waals surface area contributed by atoms with E-state index in [0.717, 1.165) is 24.3 Å². The van der Waals surface area contributed by atoms with Gasteiger partial charge in [-0.3, -0.25) is 19.8 Å². The molecule has 2 heterocycles. The van der Waals surface area contributed by atoms with Crippen molar-refractivity contribution in [3.8, 4) is 0 Å². The number of nitrogens with one attached hydrogen (secondary N) is 1. The Balaban J connectivity index is 1.71. The number of hydrogen-bond donors (Lipinski definition) is 1. The average Bonchev–Trinajstić information content (AvgIpc) is 2.73. The minimum atomic E-state index is -0.560. The van der Waals surface area contributed by atoms with Gasteiger partial charge in [-0.1, -0.05) is 18.2 Å². The van der Waals surface area contributed by atoms with Crippen LogP contribution in [0.3, 0.4) is 0 Å². The van der Waals surface area contributed by atoms with Gasteiger partial charge in [0.2, 0.25) is 0 Å². The number of amides is 2. The standard InChI is InChI=1S/C21H18FN3O3S/c22-15-5-7-16(8-6-15)25-20(27)17(19(26)23-21(25)29)13-14-3-1-2-4-18(14)24-9-11-28-12-10-24/h1-8,13H,9-12H2,(H,23,26,29)/b17-13+. The number of benzene rings is 2. The number of anilines is 2. The largest absolute Gasteiger partial charge is 0.378 e. The molecule has 8 heteroatoms. The van der Waals surface area contributed by atoms with Gasteiger partial charge in [-0.15, -0.1) is 0 Å². The molecule has 2 amide bonds. The summed E-state index contributed by atoms with van der Waals surface area (Å²) in [6.45, 7) is 2.70. The topological polar surface area (TPSA) is 61.9 Å². The molecule has 6 nitrogen and oxygen atoms in total. The van der Waals surface area contributed by atoms with Crippen LogP contribution in [0.2, 0.25) is 0 Å². The predicted molar refractivity (Wildman–Crippen MR) is 112 cm³/mol. The highest BCUT2D eigenvalue weighted by Gasteiger charge is 2.34. The summed E-state index contributed by atoms with van der Waals surface area (Å²) in [5.74, 6) is -1.54. The van der Waals surface area contributed by atoms with E-state index in [0.29, 0.717) is 18.9 Å². The molecule has 2 aromatic carbocycles. The van der Waals surface area contributed by atoms with Crippen molar-refractivity contribution in [2.24, 2.45) is 0 Å². The van der Waals surface area contributed by atoms with Gasteiger partial charge >= 0.3 is 0 Å². The molecule has 2 aliphatic heterocycles. The third kappa shape index (κ3) is 3.90. The number of halogens is 1. The minimum Gasteiger partial charge on any atom is -0.378 e. The van der Waals surface area contributed by atoms with Gasteiger partial charge in [-0.05, 0) is 54.2 Å². The van der Waals surface area contributed by atoms with Crippen LogP contribution in [0.4, 0.5) is 15.8 Å². The lowest BCUT2D eigenvalue weighted by Crippen LogP contribution is -2.54. The molecule has 0 aromatic heterocycles. The Bertz CT molecular complexity index is 1000. The SMILES string of the molecule is O=C1NC(=S)N(c2ccc(F)cc2)C(=O)/C1=C/c1ccccc1N1CCOCC1. The third-order valence-corrected chi connectivity index (χ3v) is 5.06. The van der Waals surface area contributed by atoms with Gasteiger partial charge in [0.05, 0.1) is 18.9 Å². The molecule has 0 radical (unpaired) electrons. The number of thiocarbonyl (C=S) groups is 1. The number of morpholine rings is 1. The molecule has 0 spiro atoms. The number of carbonyl (C=O) groups is 2. The van der Waals surface area contributed by atoms with Crippen molar-refractivity contribution in [2.75, 3.05) is 36.1 Å². The van der Waals surface area contributed by atoms with Crippen molar-refractivity contribution in [2.45, 2.75) is 0 Å². The molecular weight excluding hydrogens is 393 g/mol. The van der Waals surface area contributed by atoms with Crippen LogP contribution < -0.4 is 15.1 Å². The summed E-state index contributed by atoms with van der Waals surface area (Å²) < 4.78 is 18.7. The Hall–Kier alpha value is -3.10. The summed E-state index contributed by atoms with van der Waals surface area (Å²) in [6.07, 6.45) is 1.57. The van der Waals surface area contributed by atoms with E-state index in [1.165, 1.54) is 29.2 Å². The lowest BCUT2D eigenvalue weighted by molar-refractivity contribution is -0.122. The zero-order valence-corrected chi connectivity index (χ0v) is 16.2. The summed E-state index contributed by atoms with van der Waals surface area (Å²) in [5, 5.41) is 2.51. The first-order valence-corrected chi connectivity index (χ1v) is 9.54. The Morgan fingerprint density at radius 2 is 1.72 bits per heavy atom. The molecule has 29 heavy (non-hydrogen) atoms. The highest BCUT2D eigenvalue weighted by molar-refractivity contribution is 7.80. The highest BCUT2D eigenvalue weighted by Crippen LogP contribution is 2.27. The highest BCUT2D eigenvalue weighted by atomic mass is 32.1. The van der Waals surface area contributed by atoms with Crippen LogP contribution >= 0.6 is 12.2 Å². The zero-order valence-electron chi connectivity index (χ0n) is 15.4. The number of carbonyl (C=O) groups excluding carboxylic acids is 2. The summed E-state index contributed by atoms with van der Waals surface area (Å²) in [7, 11) is 0. The smallest absolute Gasteiger partial charge is 0.270 e. The number of ether oxygens (including phenoxy) is 1. The van der Waals surface area contributed by atoms with E-state index in [1.54, 1.807) is 6.08 Å². The molecule has 2 aromatic rings. The monoisotopic (exact) mass is 411 g/mol. The molecule has 0 aliphatic carbocycles. The molecule has 1 N–H and O–H groups in total. The van der Waals surface area contributed by atoms with E-state index in [2.05, 4.69) is 10.2 Å². The van der Waals surface area contributed by atoms with Crippen LogP contribution in [0.5, 0.6) is 0 Å². The first-order valence-electron chi connectivity index (χ1n) is 9.13. The Morgan fingerprint density at radius 3 is 2.45 bits per heavy atom. The van der Waals surface area contributed by atoms with Crippen molar-refractivity contribution < 1.29 is 18.7 Å². The number of rotatable bonds is 3. The fraction of sp³-hybridized carbons (Fsp3) is 0.190. The van der Waals surface area contributed by atoms with Crippen molar-refractivity contribution in [1.29, 1.82) is 0 Å². The molecule has 148 valence electrons. The maximum absolute atomic E-state index is 13.3. The molecule has 2 fully saturated rings. The molecule has 2 aliphatic rings. The van der Waals surface area contributed by atoms with Gasteiger partial charge in [0.15, 0.2) is 5.11 Å². The Labute approximate surface area is 172 Å². The summed E-state index contributed by atoms with van der Waals surface area (Å²) in [4.78, 5) is 29.0. The van der Waals surface area contributed by atoms with Crippen LogP contribution in [0.25, 0.3) is 6.08 Å². The molecule has 0 bridgehead atoms. The number of hydrogen-bond acceptors (Lipinski definition) is 5. The molecule has 2 saturated heterocycles. The second-order valence-electron chi connectivity index (χ2n) is 6.59. The van der Waals surface area contributed by atoms with Gasteiger partial charge in [-0.2, -0.15) is 0 Å². The first-order chi connectivity index (χ1) is 14.0. The zero-order chi connectivity index (χ0) is 20.4. The van der Waals surface area contributed by atoms with Crippen LogP contribution in [-0.2, 0) is 14.3 Å². The van der Waals surface area contributed by atoms with Crippen LogP contribution in [0.1, 0.15) is 5.56 Å². The summed E-state index contributed by atoms with van der Waals surface area (Å²) in [5.41, 5.74) is 2.02. The predicted octanol–water partition coefficient (Wildman–Crippen LogP) is 2.49. The third-order valence-electron chi connectivity index (χ3n) is 4.77. The lowest BCUT2D eigenvalue weighted by Gasteiger charge is -2.31. The number of para-hydroxylation sites is 1. The molecule has 0 saturated carbocycles. The molecule has 0 atom stereocenters. The first kappa shape index (κ1) is 19.2. The Kier molecular flexibility index (Phi) is 5.37. The van der Waals surface area contributed by atoms with E-state index in [1.807, 2.05) is 24.3 Å². The van der Waals surface area contributed by atoms with Gasteiger partial charge in [0.1, 0.15) is 11.4 Å². The fourth-order valence-corrected chi connectivity index (χ4v) is 3.62. The van der Waals surface area contributed by atoms with E-state index < -0.39 is 17.6 Å². The van der Waals surface area contributed by atoms with E-state index in [9.17, 15) is 14.0 Å². The van der Waals surface area contributed by atoms with Gasteiger partial charge in [0.25, 0.3) is 11.8 Å². The lowest BCUT2D eigenvalue weighted by atomic mass is 10.0. The van der Waals surface area contributed by atoms with Crippen molar-refractivity contribution in [3.05, 3.63) is 65.5 Å². The van der Waals surface area contributed by atoms with Crippen LogP contribution in [-0.4, -0.2) is 43.2 Å². The van der Waals surface area contributed by atoms with Gasteiger partial charge in [0, 0.05) is 18.8 Å². The summed E-state index contributed by atoms with van der Waals surface area (Å²) in [6, 6.07) is 12.9. The minimum absolute atomic E-state index is 0.0368. The normalized spacial score (nSPS) is 18.9. The van der Waals surface area contributed by atoms with E-state index in [-0.39, 0.29) is 10.7 Å². The van der Waals surface area contributed by atoms with E-state index in [4.69, 9.17) is 17.0 Å². The maximum atomic E-state index is 13.3. The van der Waals surface area contributed by atoms with Crippen molar-refractivity contribution in [3.63, 3.8) is 0 Å².